The van der Waals surface area contributed by atoms with Gasteiger partial charge in [-0.05, 0) is 32.9 Å². The van der Waals surface area contributed by atoms with Crippen LogP contribution >= 0.6 is 11.3 Å². The lowest BCUT2D eigenvalue weighted by molar-refractivity contribution is 0.625. The van der Waals surface area contributed by atoms with Crippen LogP contribution in [0.15, 0.2) is 17.7 Å². The second-order valence-corrected chi connectivity index (χ2v) is 5.11. The van der Waals surface area contributed by atoms with E-state index in [2.05, 4.69) is 59.2 Å². The predicted octanol–water partition coefficient (Wildman–Crippen LogP) is 3.11. The standard InChI is InChI=1S/C13H19N3S/c1-4-7-14-10(2)5-6-12-11(3)15-13-16(12)8-9-17-13/h5-6,8-10,14H,4,7H2,1-3H3/b6-5+. The van der Waals surface area contributed by atoms with E-state index in [9.17, 15) is 0 Å². The first-order chi connectivity index (χ1) is 8.22. The minimum atomic E-state index is 0.401. The number of thiazole rings is 1. The average molecular weight is 249 g/mol. The van der Waals surface area contributed by atoms with Crippen molar-refractivity contribution >= 4 is 22.4 Å². The lowest BCUT2D eigenvalue weighted by Crippen LogP contribution is -2.24. The molecule has 0 spiro atoms. The molecule has 0 aliphatic rings. The number of aromatic nitrogens is 2. The molecule has 0 aromatic carbocycles. The second-order valence-electron chi connectivity index (χ2n) is 4.24. The van der Waals surface area contributed by atoms with Crippen molar-refractivity contribution in [1.82, 2.24) is 14.7 Å². The first-order valence-electron chi connectivity index (χ1n) is 6.06. The molecule has 0 amide bonds. The van der Waals surface area contributed by atoms with Crippen molar-refractivity contribution in [1.29, 1.82) is 0 Å². The molecule has 2 aromatic rings. The highest BCUT2D eigenvalue weighted by molar-refractivity contribution is 7.15. The van der Waals surface area contributed by atoms with Crippen LogP contribution in [0.1, 0.15) is 31.7 Å². The molecule has 2 rings (SSSR count). The molecule has 0 bridgehead atoms. The Labute approximate surface area is 106 Å². The summed E-state index contributed by atoms with van der Waals surface area (Å²) in [6.45, 7) is 7.47. The van der Waals surface area contributed by atoms with Crippen molar-refractivity contribution in [3.05, 3.63) is 29.0 Å². The van der Waals surface area contributed by atoms with Gasteiger partial charge in [-0.1, -0.05) is 13.0 Å². The Balaban J connectivity index is 2.14. The van der Waals surface area contributed by atoms with Crippen LogP contribution in [0, 0.1) is 6.92 Å². The van der Waals surface area contributed by atoms with Gasteiger partial charge in [-0.2, -0.15) is 0 Å². The van der Waals surface area contributed by atoms with Gasteiger partial charge in [0.25, 0.3) is 0 Å². The molecule has 2 aromatic heterocycles. The van der Waals surface area contributed by atoms with E-state index in [4.69, 9.17) is 0 Å². The summed E-state index contributed by atoms with van der Waals surface area (Å²) in [7, 11) is 0. The fourth-order valence-corrected chi connectivity index (χ4v) is 2.55. The van der Waals surface area contributed by atoms with Gasteiger partial charge < -0.3 is 5.32 Å². The van der Waals surface area contributed by atoms with E-state index >= 15 is 0 Å². The zero-order valence-corrected chi connectivity index (χ0v) is 11.4. The Bertz CT molecular complexity index is 510. The normalized spacial score (nSPS) is 13.8. The molecule has 2 heterocycles. The van der Waals surface area contributed by atoms with Gasteiger partial charge in [0.15, 0.2) is 4.96 Å². The van der Waals surface area contributed by atoms with Gasteiger partial charge in [0.2, 0.25) is 0 Å². The van der Waals surface area contributed by atoms with Crippen molar-refractivity contribution < 1.29 is 0 Å². The van der Waals surface area contributed by atoms with E-state index in [1.54, 1.807) is 11.3 Å². The molecule has 0 aliphatic carbocycles. The van der Waals surface area contributed by atoms with Gasteiger partial charge in [-0.3, -0.25) is 4.40 Å². The number of nitrogens with one attached hydrogen (secondary N) is 1. The van der Waals surface area contributed by atoms with E-state index in [0.717, 1.165) is 17.2 Å². The molecule has 0 saturated carbocycles. The monoisotopic (exact) mass is 249 g/mol. The number of hydrogen-bond acceptors (Lipinski definition) is 3. The molecule has 1 atom stereocenters. The summed E-state index contributed by atoms with van der Waals surface area (Å²) in [5, 5.41) is 5.51. The molecule has 1 unspecified atom stereocenters. The maximum atomic E-state index is 4.52. The fraction of sp³-hybridized carbons (Fsp3) is 0.462. The van der Waals surface area contributed by atoms with Crippen LogP contribution in [0.25, 0.3) is 11.0 Å². The first-order valence-corrected chi connectivity index (χ1v) is 6.94. The fourth-order valence-electron chi connectivity index (χ4n) is 1.79. The number of nitrogens with zero attached hydrogens (tertiary/aromatic N) is 2. The molecule has 92 valence electrons. The molecule has 3 nitrogen and oxygen atoms in total. The Morgan fingerprint density at radius 1 is 1.59 bits per heavy atom. The zero-order chi connectivity index (χ0) is 12.3. The summed E-state index contributed by atoms with van der Waals surface area (Å²) < 4.78 is 2.14. The summed E-state index contributed by atoms with van der Waals surface area (Å²) in [6.07, 6.45) is 7.60. The largest absolute Gasteiger partial charge is 0.311 e. The highest BCUT2D eigenvalue weighted by atomic mass is 32.1. The van der Waals surface area contributed by atoms with Gasteiger partial charge in [-0.25, -0.2) is 4.98 Å². The molecule has 1 N–H and O–H groups in total. The summed E-state index contributed by atoms with van der Waals surface area (Å²) in [4.78, 5) is 5.59. The van der Waals surface area contributed by atoms with Crippen LogP contribution in [-0.4, -0.2) is 22.0 Å². The zero-order valence-electron chi connectivity index (χ0n) is 10.6. The summed E-state index contributed by atoms with van der Waals surface area (Å²) in [5.74, 6) is 0. The number of hydrogen-bond donors (Lipinski definition) is 1. The molecular formula is C13H19N3S. The molecular weight excluding hydrogens is 230 g/mol. The maximum Gasteiger partial charge on any atom is 0.194 e. The smallest absolute Gasteiger partial charge is 0.194 e. The summed E-state index contributed by atoms with van der Waals surface area (Å²) in [6, 6.07) is 0.401. The van der Waals surface area contributed by atoms with E-state index in [-0.39, 0.29) is 0 Å². The van der Waals surface area contributed by atoms with E-state index in [1.807, 2.05) is 0 Å². The minimum absolute atomic E-state index is 0.401. The van der Waals surface area contributed by atoms with Crippen molar-refractivity contribution in [2.24, 2.45) is 0 Å². The Morgan fingerprint density at radius 2 is 2.41 bits per heavy atom. The quantitative estimate of drug-likeness (QED) is 0.882. The molecule has 0 radical (unpaired) electrons. The highest BCUT2D eigenvalue weighted by Crippen LogP contribution is 2.17. The molecule has 0 aliphatic heterocycles. The van der Waals surface area contributed by atoms with Gasteiger partial charge >= 0.3 is 0 Å². The molecule has 0 fully saturated rings. The Morgan fingerprint density at radius 3 is 3.18 bits per heavy atom. The topological polar surface area (TPSA) is 29.3 Å². The SMILES string of the molecule is CCCNC(C)/C=C/c1c(C)nc2sccn12. The molecule has 0 saturated heterocycles. The van der Waals surface area contributed by atoms with Crippen molar-refractivity contribution in [3.8, 4) is 0 Å². The lowest BCUT2D eigenvalue weighted by Gasteiger charge is -2.07. The van der Waals surface area contributed by atoms with E-state index in [1.165, 1.54) is 12.1 Å². The number of fused-ring (bicyclic) bond motifs is 1. The molecule has 17 heavy (non-hydrogen) atoms. The van der Waals surface area contributed by atoms with Crippen LogP contribution < -0.4 is 5.32 Å². The van der Waals surface area contributed by atoms with Crippen LogP contribution in [0.5, 0.6) is 0 Å². The van der Waals surface area contributed by atoms with E-state index in [0.29, 0.717) is 6.04 Å². The third kappa shape index (κ3) is 2.76. The summed E-state index contributed by atoms with van der Waals surface area (Å²) in [5.41, 5.74) is 2.28. The second kappa shape index (κ2) is 5.47. The van der Waals surface area contributed by atoms with Crippen LogP contribution in [0.3, 0.4) is 0 Å². The minimum Gasteiger partial charge on any atom is -0.311 e. The Kier molecular flexibility index (Phi) is 3.97. The lowest BCUT2D eigenvalue weighted by atomic mass is 10.2. The van der Waals surface area contributed by atoms with Gasteiger partial charge in [0.1, 0.15) is 0 Å². The van der Waals surface area contributed by atoms with E-state index < -0.39 is 0 Å². The predicted molar refractivity (Wildman–Crippen MR) is 74.6 cm³/mol. The summed E-state index contributed by atoms with van der Waals surface area (Å²) >= 11 is 1.67. The Hall–Kier alpha value is -1.13. The van der Waals surface area contributed by atoms with Crippen LogP contribution in [0.4, 0.5) is 0 Å². The van der Waals surface area contributed by atoms with Gasteiger partial charge in [0, 0.05) is 17.6 Å². The third-order valence-corrected chi connectivity index (χ3v) is 3.50. The highest BCUT2D eigenvalue weighted by Gasteiger charge is 2.06. The van der Waals surface area contributed by atoms with Gasteiger partial charge in [-0.15, -0.1) is 11.3 Å². The average Bonchev–Trinajstić information content (AvgIpc) is 2.84. The van der Waals surface area contributed by atoms with Crippen molar-refractivity contribution in [2.45, 2.75) is 33.2 Å². The number of aryl methyl sites for hydroxylation is 1. The first kappa shape index (κ1) is 12.3. The number of rotatable bonds is 5. The van der Waals surface area contributed by atoms with Gasteiger partial charge in [0.05, 0.1) is 11.4 Å². The number of imidazole rings is 1. The maximum absolute atomic E-state index is 4.52. The van der Waals surface area contributed by atoms with Crippen molar-refractivity contribution in [2.75, 3.05) is 6.54 Å². The molecule has 4 heteroatoms. The third-order valence-electron chi connectivity index (χ3n) is 2.74. The van der Waals surface area contributed by atoms with Crippen LogP contribution in [0.2, 0.25) is 0 Å². The van der Waals surface area contributed by atoms with Crippen molar-refractivity contribution in [3.63, 3.8) is 0 Å². The van der Waals surface area contributed by atoms with Crippen LogP contribution in [-0.2, 0) is 0 Å².